The maximum absolute atomic E-state index is 12.4. The molecule has 0 atom stereocenters. The van der Waals surface area contributed by atoms with E-state index in [1.54, 1.807) is 62.6 Å². The Morgan fingerprint density at radius 3 is 2.30 bits per heavy atom. The molecule has 27 heavy (non-hydrogen) atoms. The zero-order chi connectivity index (χ0) is 19.8. The fourth-order valence-electron chi connectivity index (χ4n) is 2.48. The van der Waals surface area contributed by atoms with Crippen LogP contribution in [0.3, 0.4) is 0 Å². The van der Waals surface area contributed by atoms with Gasteiger partial charge in [-0.25, -0.2) is 4.79 Å². The quantitative estimate of drug-likeness (QED) is 0.758. The predicted molar refractivity (Wildman–Crippen MR) is 102 cm³/mol. The van der Waals surface area contributed by atoms with Crippen molar-refractivity contribution in [3.63, 3.8) is 0 Å². The second kappa shape index (κ2) is 9.38. The van der Waals surface area contributed by atoms with Crippen LogP contribution in [-0.2, 0) is 14.3 Å². The minimum absolute atomic E-state index is 0.213. The number of hydrogen-bond acceptors (Lipinski definition) is 5. The minimum atomic E-state index is -0.546. The Morgan fingerprint density at radius 1 is 1.04 bits per heavy atom. The molecular weight excluding hydrogens is 348 g/mol. The first-order valence-corrected chi connectivity index (χ1v) is 8.44. The summed E-state index contributed by atoms with van der Waals surface area (Å²) in [5, 5.41) is 2.72. The number of carbonyl (C=O) groups is 3. The summed E-state index contributed by atoms with van der Waals surface area (Å²) in [4.78, 5) is 37.9. The average molecular weight is 370 g/mol. The lowest BCUT2D eigenvalue weighted by atomic mass is 10.1. The van der Waals surface area contributed by atoms with Gasteiger partial charge >= 0.3 is 5.97 Å². The Morgan fingerprint density at radius 2 is 1.70 bits per heavy atom. The number of amides is 2. The lowest BCUT2D eigenvalue weighted by Gasteiger charge is -2.23. The number of benzene rings is 2. The van der Waals surface area contributed by atoms with Crippen LogP contribution in [-0.4, -0.2) is 38.0 Å². The first kappa shape index (κ1) is 20.0. The molecule has 0 aliphatic rings. The number of anilines is 2. The number of hydrogen-bond donors (Lipinski definition) is 1. The summed E-state index contributed by atoms with van der Waals surface area (Å²) in [7, 11) is 1.55. The molecule has 0 radical (unpaired) electrons. The molecule has 7 heteroatoms. The van der Waals surface area contributed by atoms with Crippen LogP contribution in [0.15, 0.2) is 48.5 Å². The molecule has 2 rings (SSSR count). The fourth-order valence-corrected chi connectivity index (χ4v) is 2.48. The van der Waals surface area contributed by atoms with Crippen molar-refractivity contribution in [3.05, 3.63) is 54.1 Å². The van der Waals surface area contributed by atoms with Gasteiger partial charge in [0.1, 0.15) is 12.3 Å². The Balaban J connectivity index is 2.19. The first-order valence-electron chi connectivity index (χ1n) is 8.44. The highest BCUT2D eigenvalue weighted by molar-refractivity contribution is 6.06. The monoisotopic (exact) mass is 370 g/mol. The lowest BCUT2D eigenvalue weighted by Crippen LogP contribution is -2.37. The van der Waals surface area contributed by atoms with Crippen LogP contribution in [0.2, 0.25) is 0 Å². The second-order valence-electron chi connectivity index (χ2n) is 5.62. The Kier molecular flexibility index (Phi) is 6.93. The van der Waals surface area contributed by atoms with Crippen molar-refractivity contribution in [1.82, 2.24) is 0 Å². The largest absolute Gasteiger partial charge is 0.497 e. The van der Waals surface area contributed by atoms with Crippen LogP contribution < -0.4 is 15.0 Å². The third-order valence-corrected chi connectivity index (χ3v) is 3.75. The summed E-state index contributed by atoms with van der Waals surface area (Å²) in [5.74, 6) is -0.637. The van der Waals surface area contributed by atoms with E-state index in [4.69, 9.17) is 9.47 Å². The summed E-state index contributed by atoms with van der Waals surface area (Å²) in [5.41, 5.74) is 1.13. The molecular formula is C20H22N2O5. The molecule has 0 fully saturated rings. The number of carbonyl (C=O) groups excluding carboxylic acids is 3. The number of rotatable bonds is 7. The summed E-state index contributed by atoms with van der Waals surface area (Å²) in [6.45, 7) is 3.01. The van der Waals surface area contributed by atoms with Gasteiger partial charge in [-0.2, -0.15) is 0 Å². The van der Waals surface area contributed by atoms with Crippen molar-refractivity contribution < 1.29 is 23.9 Å². The number of ether oxygens (including phenoxy) is 2. The van der Waals surface area contributed by atoms with Gasteiger partial charge < -0.3 is 19.7 Å². The van der Waals surface area contributed by atoms with E-state index in [0.717, 1.165) is 0 Å². The topological polar surface area (TPSA) is 84.9 Å². The Labute approximate surface area is 157 Å². The maximum Gasteiger partial charge on any atom is 0.340 e. The number of esters is 1. The van der Waals surface area contributed by atoms with Crippen LogP contribution in [0.1, 0.15) is 24.2 Å². The molecule has 0 heterocycles. The van der Waals surface area contributed by atoms with E-state index in [1.807, 2.05) is 0 Å². The van der Waals surface area contributed by atoms with E-state index in [1.165, 1.54) is 11.8 Å². The molecule has 2 aromatic carbocycles. The summed E-state index contributed by atoms with van der Waals surface area (Å²) < 4.78 is 10.1. The number of nitrogens with one attached hydrogen (secondary N) is 1. The highest BCUT2D eigenvalue weighted by atomic mass is 16.5. The average Bonchev–Trinajstić information content (AvgIpc) is 2.66. The molecule has 0 aliphatic heterocycles. The molecule has 1 N–H and O–H groups in total. The van der Waals surface area contributed by atoms with Crippen molar-refractivity contribution in [3.8, 4) is 5.75 Å². The van der Waals surface area contributed by atoms with E-state index >= 15 is 0 Å². The van der Waals surface area contributed by atoms with Gasteiger partial charge in [0.2, 0.25) is 11.8 Å². The first-order chi connectivity index (χ1) is 13.0. The molecule has 7 nitrogen and oxygen atoms in total. The molecule has 0 aromatic heterocycles. The Bertz CT molecular complexity index is 817. The maximum atomic E-state index is 12.4. The molecule has 2 aromatic rings. The van der Waals surface area contributed by atoms with Crippen molar-refractivity contribution >= 4 is 29.2 Å². The van der Waals surface area contributed by atoms with Crippen LogP contribution in [0.25, 0.3) is 0 Å². The van der Waals surface area contributed by atoms with Gasteiger partial charge in [0, 0.05) is 12.6 Å². The molecule has 2 amide bonds. The molecule has 142 valence electrons. The number of nitrogens with zero attached hydrogens (tertiary/aromatic N) is 1. The third kappa shape index (κ3) is 5.31. The SMILES string of the molecule is CCOC(=O)c1ccccc1N(CC(=O)Nc1ccc(OC)cc1)C(C)=O. The molecule has 0 spiro atoms. The molecule has 0 saturated heterocycles. The Hall–Kier alpha value is -3.35. The van der Waals surface area contributed by atoms with Crippen LogP contribution in [0.5, 0.6) is 5.75 Å². The van der Waals surface area contributed by atoms with Gasteiger partial charge in [-0.05, 0) is 43.3 Å². The van der Waals surface area contributed by atoms with Crippen LogP contribution in [0, 0.1) is 0 Å². The standard InChI is InChI=1S/C20H22N2O5/c1-4-27-20(25)17-7-5-6-8-18(17)22(14(2)23)13-19(24)21-15-9-11-16(26-3)12-10-15/h5-12H,4,13H2,1-3H3,(H,21,24). The van der Waals surface area contributed by atoms with E-state index < -0.39 is 11.9 Å². The van der Waals surface area contributed by atoms with Gasteiger partial charge in [0.25, 0.3) is 0 Å². The van der Waals surface area contributed by atoms with E-state index in [-0.39, 0.29) is 24.6 Å². The van der Waals surface area contributed by atoms with Gasteiger partial charge in [-0.3, -0.25) is 9.59 Å². The number of methoxy groups -OCH3 is 1. The van der Waals surface area contributed by atoms with Crippen molar-refractivity contribution in [2.24, 2.45) is 0 Å². The van der Waals surface area contributed by atoms with Gasteiger partial charge in [-0.15, -0.1) is 0 Å². The van der Waals surface area contributed by atoms with E-state index in [9.17, 15) is 14.4 Å². The molecule has 0 saturated carbocycles. The molecule has 0 aliphatic carbocycles. The fraction of sp³-hybridized carbons (Fsp3) is 0.250. The van der Waals surface area contributed by atoms with Crippen LogP contribution in [0.4, 0.5) is 11.4 Å². The number of para-hydroxylation sites is 1. The van der Waals surface area contributed by atoms with Gasteiger partial charge in [0.15, 0.2) is 0 Å². The molecule has 0 bridgehead atoms. The summed E-state index contributed by atoms with van der Waals surface area (Å²) >= 11 is 0. The lowest BCUT2D eigenvalue weighted by molar-refractivity contribution is -0.120. The minimum Gasteiger partial charge on any atom is -0.497 e. The summed E-state index contributed by atoms with van der Waals surface area (Å²) in [6, 6.07) is 13.4. The second-order valence-corrected chi connectivity index (χ2v) is 5.62. The summed E-state index contributed by atoms with van der Waals surface area (Å²) in [6.07, 6.45) is 0. The predicted octanol–water partition coefficient (Wildman–Crippen LogP) is 2.86. The van der Waals surface area contributed by atoms with Gasteiger partial charge in [0.05, 0.1) is 25.0 Å². The zero-order valence-corrected chi connectivity index (χ0v) is 15.5. The van der Waals surface area contributed by atoms with Crippen molar-refractivity contribution in [1.29, 1.82) is 0 Å². The van der Waals surface area contributed by atoms with Crippen molar-refractivity contribution in [2.45, 2.75) is 13.8 Å². The van der Waals surface area contributed by atoms with E-state index in [0.29, 0.717) is 17.1 Å². The smallest absolute Gasteiger partial charge is 0.340 e. The highest BCUT2D eigenvalue weighted by Gasteiger charge is 2.22. The van der Waals surface area contributed by atoms with Gasteiger partial charge in [-0.1, -0.05) is 12.1 Å². The third-order valence-electron chi connectivity index (χ3n) is 3.75. The highest BCUT2D eigenvalue weighted by Crippen LogP contribution is 2.22. The zero-order valence-electron chi connectivity index (χ0n) is 15.5. The molecule has 0 unspecified atom stereocenters. The van der Waals surface area contributed by atoms with Crippen LogP contribution >= 0.6 is 0 Å². The van der Waals surface area contributed by atoms with Crippen molar-refractivity contribution in [2.75, 3.05) is 30.5 Å². The normalized spacial score (nSPS) is 10.0. The van der Waals surface area contributed by atoms with E-state index in [2.05, 4.69) is 5.32 Å².